The number of benzene rings is 2. The molecule has 3 heterocycles. The molecule has 3 fully saturated rings. The molecular weight excluding hydrogens is 530 g/mol. The maximum atomic E-state index is 14.1. The number of hydrogen-bond donors (Lipinski definition) is 1. The first kappa shape index (κ1) is 28.2. The van der Waals surface area contributed by atoms with E-state index in [0.29, 0.717) is 25.9 Å². The second-order valence-corrected chi connectivity index (χ2v) is 13.3. The lowest BCUT2D eigenvalue weighted by Crippen LogP contribution is -2.59. The monoisotopic (exact) mass is 569 g/mol. The third-order valence-corrected chi connectivity index (χ3v) is 9.02. The molecule has 0 aromatic heterocycles. The summed E-state index contributed by atoms with van der Waals surface area (Å²) in [6.07, 6.45) is 1.45. The fourth-order valence-corrected chi connectivity index (χ4v) is 7.31. The number of nitrogens with zero attached hydrogens (tertiary/aromatic N) is 4. The molecule has 3 amide bonds. The summed E-state index contributed by atoms with van der Waals surface area (Å²) >= 11 is 0. The van der Waals surface area contributed by atoms with E-state index in [4.69, 9.17) is 4.74 Å². The first-order valence-corrected chi connectivity index (χ1v) is 15.0. The molecule has 9 nitrogen and oxygen atoms in total. The van der Waals surface area contributed by atoms with E-state index in [2.05, 4.69) is 52.7 Å². The maximum Gasteiger partial charge on any atom is 0.408 e. The number of amides is 3. The van der Waals surface area contributed by atoms with Gasteiger partial charge < -0.3 is 19.9 Å². The van der Waals surface area contributed by atoms with Gasteiger partial charge in [0.15, 0.2) is 0 Å². The molecule has 4 aliphatic rings. The Hall–Kier alpha value is -3.90. The minimum atomic E-state index is -0.933. The van der Waals surface area contributed by atoms with Gasteiger partial charge in [-0.1, -0.05) is 55.5 Å². The molecule has 42 heavy (non-hydrogen) atoms. The van der Waals surface area contributed by atoms with Crippen LogP contribution in [0.1, 0.15) is 68.8 Å². The molecular formula is C33H39N5O4. The summed E-state index contributed by atoms with van der Waals surface area (Å²) in [5, 5.41) is 12.5. The molecule has 0 saturated carbocycles. The van der Waals surface area contributed by atoms with Gasteiger partial charge in [0.25, 0.3) is 0 Å². The third kappa shape index (κ3) is 5.13. The zero-order chi connectivity index (χ0) is 29.8. The predicted molar refractivity (Wildman–Crippen MR) is 156 cm³/mol. The SMILES string of the molecule is CC1CC(C#N)N(C(=O)C(CN2C[C@@H]3CC2C(=O)N3C2c3ccccc3Cc3ccccc32)NC(=O)OC(C)(C)C)C1. The van der Waals surface area contributed by atoms with Gasteiger partial charge in [-0.25, -0.2) is 4.79 Å². The Balaban J connectivity index is 1.24. The molecule has 0 spiro atoms. The molecule has 2 aromatic carbocycles. The number of hydrogen-bond acceptors (Lipinski definition) is 6. The van der Waals surface area contributed by atoms with Crippen molar-refractivity contribution in [2.24, 2.45) is 5.92 Å². The number of nitriles is 1. The number of piperazine rings is 1. The van der Waals surface area contributed by atoms with E-state index in [1.54, 1.807) is 25.7 Å². The first-order chi connectivity index (χ1) is 20.0. The van der Waals surface area contributed by atoms with Crippen molar-refractivity contribution in [3.8, 4) is 6.07 Å². The van der Waals surface area contributed by atoms with Gasteiger partial charge >= 0.3 is 6.09 Å². The quantitative estimate of drug-likeness (QED) is 0.590. The molecule has 2 aromatic rings. The Labute approximate surface area is 247 Å². The largest absolute Gasteiger partial charge is 0.444 e. The minimum absolute atomic E-state index is 0.0114. The summed E-state index contributed by atoms with van der Waals surface area (Å²) in [6, 6.07) is 17.0. The second kappa shape index (κ2) is 10.7. The Morgan fingerprint density at radius 3 is 2.29 bits per heavy atom. The van der Waals surface area contributed by atoms with E-state index in [9.17, 15) is 19.6 Å². The van der Waals surface area contributed by atoms with Gasteiger partial charge in [-0.3, -0.25) is 14.5 Å². The fourth-order valence-electron chi connectivity index (χ4n) is 7.31. The van der Waals surface area contributed by atoms with Crippen LogP contribution in [-0.2, 0) is 20.7 Å². The highest BCUT2D eigenvalue weighted by Crippen LogP contribution is 2.45. The Morgan fingerprint density at radius 2 is 1.69 bits per heavy atom. The number of ether oxygens (including phenoxy) is 1. The van der Waals surface area contributed by atoms with Crippen molar-refractivity contribution in [2.75, 3.05) is 19.6 Å². The minimum Gasteiger partial charge on any atom is -0.444 e. The van der Waals surface area contributed by atoms with Gasteiger partial charge in [-0.05, 0) is 68.2 Å². The molecule has 220 valence electrons. The predicted octanol–water partition coefficient (Wildman–Crippen LogP) is 3.62. The topological polar surface area (TPSA) is 106 Å². The highest BCUT2D eigenvalue weighted by Gasteiger charge is 2.54. The molecule has 1 N–H and O–H groups in total. The molecule has 1 aliphatic carbocycles. The molecule has 3 aliphatic heterocycles. The number of carbonyl (C=O) groups excluding carboxylic acids is 3. The molecule has 5 atom stereocenters. The maximum absolute atomic E-state index is 14.1. The Morgan fingerprint density at radius 1 is 1.05 bits per heavy atom. The van der Waals surface area contributed by atoms with Crippen molar-refractivity contribution in [1.82, 2.24) is 20.0 Å². The smallest absolute Gasteiger partial charge is 0.408 e. The van der Waals surface area contributed by atoms with Crippen LogP contribution in [0.3, 0.4) is 0 Å². The number of alkyl carbamates (subject to hydrolysis) is 1. The van der Waals surface area contributed by atoms with Crippen LogP contribution in [0.2, 0.25) is 0 Å². The van der Waals surface area contributed by atoms with Crippen LogP contribution in [0.5, 0.6) is 0 Å². The second-order valence-electron chi connectivity index (χ2n) is 13.3. The van der Waals surface area contributed by atoms with Crippen molar-refractivity contribution >= 4 is 17.9 Å². The molecule has 2 bridgehead atoms. The summed E-state index contributed by atoms with van der Waals surface area (Å²) < 4.78 is 5.49. The van der Waals surface area contributed by atoms with Crippen molar-refractivity contribution < 1.29 is 19.1 Å². The molecule has 3 saturated heterocycles. The van der Waals surface area contributed by atoms with E-state index >= 15 is 0 Å². The van der Waals surface area contributed by atoms with Crippen LogP contribution in [-0.4, -0.2) is 82.0 Å². The standard InChI is InChI=1S/C33H39N5O4/c1-20-13-23(16-34)37(17-20)30(39)27(35-32(41)42-33(2,3)4)19-36-18-24-15-28(36)31(40)38(24)29-25-11-7-5-9-21(25)14-22-10-6-8-12-26(22)29/h5-12,20,23-24,27-29H,13-15,17-19H2,1-4H3,(H,35,41)/t20?,23?,24-,27?,28?/m0/s1. The lowest BCUT2D eigenvalue weighted by Gasteiger charge is -2.42. The van der Waals surface area contributed by atoms with Crippen molar-refractivity contribution in [3.05, 3.63) is 70.8 Å². The number of nitrogens with one attached hydrogen (secondary N) is 1. The lowest BCUT2D eigenvalue weighted by atomic mass is 9.81. The Bertz CT molecular complexity index is 1400. The molecule has 6 rings (SSSR count). The van der Waals surface area contributed by atoms with Gasteiger partial charge in [0.2, 0.25) is 11.8 Å². The van der Waals surface area contributed by atoms with E-state index in [0.717, 1.165) is 6.42 Å². The summed E-state index contributed by atoms with van der Waals surface area (Å²) in [7, 11) is 0. The summed E-state index contributed by atoms with van der Waals surface area (Å²) in [5.74, 6) is -0.0603. The van der Waals surface area contributed by atoms with Gasteiger partial charge in [-0.2, -0.15) is 5.26 Å². The van der Waals surface area contributed by atoms with Crippen LogP contribution >= 0.6 is 0 Å². The zero-order valence-electron chi connectivity index (χ0n) is 24.7. The third-order valence-electron chi connectivity index (χ3n) is 9.02. The number of fused-ring (bicyclic) bond motifs is 4. The molecule has 9 heteroatoms. The lowest BCUT2D eigenvalue weighted by molar-refractivity contribution is -0.141. The van der Waals surface area contributed by atoms with Crippen LogP contribution in [0.15, 0.2) is 48.5 Å². The normalized spacial score (nSPS) is 26.0. The van der Waals surface area contributed by atoms with Gasteiger partial charge in [-0.15, -0.1) is 0 Å². The van der Waals surface area contributed by atoms with E-state index in [1.807, 2.05) is 24.0 Å². The van der Waals surface area contributed by atoms with E-state index in [1.165, 1.54) is 22.3 Å². The average molecular weight is 570 g/mol. The van der Waals surface area contributed by atoms with Crippen LogP contribution in [0.4, 0.5) is 4.79 Å². The zero-order valence-corrected chi connectivity index (χ0v) is 24.7. The highest BCUT2D eigenvalue weighted by molar-refractivity contribution is 5.89. The number of likely N-dealkylation sites (tertiary alicyclic amines) is 3. The molecule has 4 unspecified atom stereocenters. The number of carbonyl (C=O) groups is 3. The summed E-state index contributed by atoms with van der Waals surface area (Å²) in [6.45, 7) is 8.57. The Kier molecular flexibility index (Phi) is 7.22. The first-order valence-electron chi connectivity index (χ1n) is 15.0. The highest BCUT2D eigenvalue weighted by atomic mass is 16.6. The average Bonchev–Trinajstić information content (AvgIpc) is 3.62. The summed E-state index contributed by atoms with van der Waals surface area (Å²) in [5.41, 5.74) is 4.11. The van der Waals surface area contributed by atoms with Crippen molar-refractivity contribution in [1.29, 1.82) is 5.26 Å². The van der Waals surface area contributed by atoms with Gasteiger partial charge in [0, 0.05) is 25.7 Å². The van der Waals surface area contributed by atoms with E-state index in [-0.39, 0.29) is 42.4 Å². The summed E-state index contributed by atoms with van der Waals surface area (Å²) in [4.78, 5) is 46.4. The number of rotatable bonds is 5. The van der Waals surface area contributed by atoms with Crippen molar-refractivity contribution in [3.63, 3.8) is 0 Å². The van der Waals surface area contributed by atoms with Crippen molar-refractivity contribution in [2.45, 2.75) is 82.8 Å². The van der Waals surface area contributed by atoms with Gasteiger partial charge in [0.1, 0.15) is 17.7 Å². The van der Waals surface area contributed by atoms with Crippen LogP contribution in [0, 0.1) is 17.2 Å². The fraction of sp³-hybridized carbons (Fsp3) is 0.515. The van der Waals surface area contributed by atoms with Gasteiger partial charge in [0.05, 0.1) is 18.2 Å². The van der Waals surface area contributed by atoms with Crippen LogP contribution in [0.25, 0.3) is 0 Å². The van der Waals surface area contributed by atoms with E-state index < -0.39 is 23.8 Å². The molecule has 0 radical (unpaired) electrons. The van der Waals surface area contributed by atoms with Crippen LogP contribution < -0.4 is 5.32 Å².